The summed E-state index contributed by atoms with van der Waals surface area (Å²) in [6.45, 7) is 1.35. The van der Waals surface area contributed by atoms with E-state index >= 15 is 0 Å². The van der Waals surface area contributed by atoms with Gasteiger partial charge < -0.3 is 34.8 Å². The summed E-state index contributed by atoms with van der Waals surface area (Å²) in [5.74, 6) is 0. The third kappa shape index (κ3) is 10.8. The van der Waals surface area contributed by atoms with Crippen LogP contribution in [0.2, 0.25) is 0 Å². The Labute approximate surface area is 108 Å². The van der Waals surface area contributed by atoms with E-state index in [-0.39, 0.29) is 26.4 Å². The van der Waals surface area contributed by atoms with Gasteiger partial charge in [-0.3, -0.25) is 0 Å². The summed E-state index contributed by atoms with van der Waals surface area (Å²) in [4.78, 5) is 0. The summed E-state index contributed by atoms with van der Waals surface area (Å²) >= 11 is 0. The first-order valence-electron chi connectivity index (χ1n) is 5.90. The van der Waals surface area contributed by atoms with Gasteiger partial charge in [0.1, 0.15) is 6.10 Å². The molecule has 0 fully saturated rings. The van der Waals surface area contributed by atoms with E-state index in [0.29, 0.717) is 13.1 Å². The first-order valence-corrected chi connectivity index (χ1v) is 5.90. The molecule has 4 N–H and O–H groups in total. The Morgan fingerprint density at radius 3 is 1.78 bits per heavy atom. The second-order valence-corrected chi connectivity index (χ2v) is 4.07. The number of rotatable bonds is 12. The first kappa shape index (κ1) is 17.7. The molecule has 0 radical (unpaired) electrons. The normalized spacial score (nSPS) is 16.5. The molecule has 3 unspecified atom stereocenters. The van der Waals surface area contributed by atoms with Crippen molar-refractivity contribution in [3.05, 3.63) is 0 Å². The zero-order chi connectivity index (χ0) is 13.8. The second-order valence-electron chi connectivity index (χ2n) is 4.07. The van der Waals surface area contributed by atoms with Crippen LogP contribution < -0.4 is 5.32 Å². The monoisotopic (exact) mass is 267 g/mol. The van der Waals surface area contributed by atoms with E-state index in [1.165, 1.54) is 14.2 Å². The molecule has 0 aromatic carbocycles. The zero-order valence-electron chi connectivity index (χ0n) is 11.0. The highest BCUT2D eigenvalue weighted by molar-refractivity contribution is 4.63. The fraction of sp³-hybridized carbons (Fsp3) is 1.00. The molecule has 0 bridgehead atoms. The fourth-order valence-corrected chi connectivity index (χ4v) is 1.31. The molecule has 0 saturated heterocycles. The van der Waals surface area contributed by atoms with Crippen LogP contribution in [0.25, 0.3) is 0 Å². The number of hydrogen-bond donors (Lipinski definition) is 4. The lowest BCUT2D eigenvalue weighted by molar-refractivity contribution is -0.0314. The molecule has 7 nitrogen and oxygen atoms in total. The van der Waals surface area contributed by atoms with Crippen LogP contribution in [0.4, 0.5) is 0 Å². The number of ether oxygens (including phenoxy) is 3. The number of aliphatic hydroxyl groups is 3. The molecule has 0 amide bonds. The Morgan fingerprint density at radius 1 is 0.778 bits per heavy atom. The molecule has 0 aromatic rings. The maximum absolute atomic E-state index is 9.52. The molecule has 0 rings (SSSR count). The van der Waals surface area contributed by atoms with Crippen LogP contribution in [0, 0.1) is 0 Å². The lowest BCUT2D eigenvalue weighted by Crippen LogP contribution is -2.37. The molecule has 0 heterocycles. The molecule has 18 heavy (non-hydrogen) atoms. The second kappa shape index (κ2) is 11.8. The van der Waals surface area contributed by atoms with E-state index in [4.69, 9.17) is 14.2 Å². The number of nitrogens with one attached hydrogen (secondary N) is 1. The van der Waals surface area contributed by atoms with Crippen molar-refractivity contribution in [3.63, 3.8) is 0 Å². The molecule has 0 aliphatic rings. The van der Waals surface area contributed by atoms with Gasteiger partial charge in [-0.05, 0) is 0 Å². The van der Waals surface area contributed by atoms with Gasteiger partial charge in [-0.1, -0.05) is 0 Å². The topological polar surface area (TPSA) is 100 Å². The SMILES string of the molecule is COCC(O)CNCC(O)COCC(O)COC. The highest BCUT2D eigenvalue weighted by Crippen LogP contribution is 1.90. The Bertz CT molecular complexity index is 165. The highest BCUT2D eigenvalue weighted by Gasteiger charge is 2.09. The molecular weight excluding hydrogens is 242 g/mol. The first-order chi connectivity index (χ1) is 8.60. The van der Waals surface area contributed by atoms with Gasteiger partial charge in [-0.25, -0.2) is 0 Å². The minimum Gasteiger partial charge on any atom is -0.389 e. The minimum atomic E-state index is -0.686. The maximum atomic E-state index is 9.52. The molecule has 7 heteroatoms. The minimum absolute atomic E-state index is 0.119. The van der Waals surface area contributed by atoms with Gasteiger partial charge in [0.2, 0.25) is 0 Å². The predicted octanol–water partition coefficient (Wildman–Crippen LogP) is -2.03. The van der Waals surface area contributed by atoms with Gasteiger partial charge in [0.15, 0.2) is 0 Å². The lowest BCUT2D eigenvalue weighted by atomic mass is 10.3. The van der Waals surface area contributed by atoms with Gasteiger partial charge in [0.25, 0.3) is 0 Å². The van der Waals surface area contributed by atoms with Crippen molar-refractivity contribution >= 4 is 0 Å². The van der Waals surface area contributed by atoms with Crippen molar-refractivity contribution in [2.24, 2.45) is 0 Å². The number of methoxy groups -OCH3 is 2. The summed E-state index contributed by atoms with van der Waals surface area (Å²) in [6, 6.07) is 0. The van der Waals surface area contributed by atoms with Crippen LogP contribution in [0.5, 0.6) is 0 Å². The van der Waals surface area contributed by atoms with Crippen molar-refractivity contribution in [1.29, 1.82) is 0 Å². The van der Waals surface area contributed by atoms with Crippen molar-refractivity contribution < 1.29 is 29.5 Å². The summed E-state index contributed by atoms with van der Waals surface area (Å²) < 4.78 is 14.6. The molecule has 0 aliphatic carbocycles. The number of aliphatic hydroxyl groups excluding tert-OH is 3. The summed E-state index contributed by atoms with van der Waals surface area (Å²) in [5.41, 5.74) is 0. The van der Waals surface area contributed by atoms with Crippen LogP contribution in [0.15, 0.2) is 0 Å². The van der Waals surface area contributed by atoms with E-state index < -0.39 is 18.3 Å². The maximum Gasteiger partial charge on any atom is 0.101 e. The van der Waals surface area contributed by atoms with E-state index in [2.05, 4.69) is 5.32 Å². The Hall–Kier alpha value is -0.280. The average molecular weight is 267 g/mol. The Morgan fingerprint density at radius 2 is 1.22 bits per heavy atom. The van der Waals surface area contributed by atoms with Crippen molar-refractivity contribution in [3.8, 4) is 0 Å². The Kier molecular flexibility index (Phi) is 11.6. The Balaban J connectivity index is 3.39. The van der Waals surface area contributed by atoms with Crippen LogP contribution in [0.3, 0.4) is 0 Å². The van der Waals surface area contributed by atoms with Gasteiger partial charge >= 0.3 is 0 Å². The summed E-state index contributed by atoms with van der Waals surface area (Å²) in [6.07, 6.45) is -1.96. The average Bonchev–Trinajstić information content (AvgIpc) is 2.29. The van der Waals surface area contributed by atoms with Crippen LogP contribution in [-0.2, 0) is 14.2 Å². The van der Waals surface area contributed by atoms with Gasteiger partial charge in [-0.2, -0.15) is 0 Å². The van der Waals surface area contributed by atoms with Gasteiger partial charge in [0.05, 0.1) is 38.6 Å². The molecule has 0 aliphatic heterocycles. The molecule has 0 saturated carbocycles. The van der Waals surface area contributed by atoms with E-state index in [1.54, 1.807) is 0 Å². The predicted molar refractivity (Wildman–Crippen MR) is 65.5 cm³/mol. The quantitative estimate of drug-likeness (QED) is 0.323. The third-order valence-corrected chi connectivity index (χ3v) is 2.10. The summed E-state index contributed by atoms with van der Waals surface area (Å²) in [7, 11) is 3.00. The van der Waals surface area contributed by atoms with Gasteiger partial charge in [-0.15, -0.1) is 0 Å². The zero-order valence-corrected chi connectivity index (χ0v) is 11.0. The smallest absolute Gasteiger partial charge is 0.101 e. The molecule has 0 aromatic heterocycles. The molecule has 0 spiro atoms. The van der Waals surface area contributed by atoms with Gasteiger partial charge in [0, 0.05) is 27.3 Å². The largest absolute Gasteiger partial charge is 0.389 e. The molecule has 110 valence electrons. The van der Waals surface area contributed by atoms with E-state index in [9.17, 15) is 15.3 Å². The fourth-order valence-electron chi connectivity index (χ4n) is 1.31. The number of hydrogen-bond acceptors (Lipinski definition) is 7. The van der Waals surface area contributed by atoms with Crippen molar-refractivity contribution in [2.75, 3.05) is 53.7 Å². The standard InChI is InChI=1S/C11H25NO6/c1-16-5-9(13)3-12-4-10(14)7-18-8-11(15)6-17-2/h9-15H,3-8H2,1-2H3. The van der Waals surface area contributed by atoms with Crippen LogP contribution in [-0.4, -0.2) is 87.4 Å². The third-order valence-electron chi connectivity index (χ3n) is 2.10. The van der Waals surface area contributed by atoms with Crippen molar-refractivity contribution in [1.82, 2.24) is 5.32 Å². The van der Waals surface area contributed by atoms with Crippen molar-refractivity contribution in [2.45, 2.75) is 18.3 Å². The molecular formula is C11H25NO6. The lowest BCUT2D eigenvalue weighted by Gasteiger charge is -2.15. The molecule has 3 atom stereocenters. The van der Waals surface area contributed by atoms with E-state index in [1.807, 2.05) is 0 Å². The van der Waals surface area contributed by atoms with Crippen LogP contribution in [0.1, 0.15) is 0 Å². The highest BCUT2D eigenvalue weighted by atomic mass is 16.5. The summed E-state index contributed by atoms with van der Waals surface area (Å²) in [5, 5.41) is 31.0. The van der Waals surface area contributed by atoms with E-state index in [0.717, 1.165) is 0 Å². The van der Waals surface area contributed by atoms with Crippen LogP contribution >= 0.6 is 0 Å².